The summed E-state index contributed by atoms with van der Waals surface area (Å²) in [6.45, 7) is 14.1. The molecule has 4 rings (SSSR count). The summed E-state index contributed by atoms with van der Waals surface area (Å²) in [5, 5.41) is 54.1. The number of hydrogen-bond donors (Lipinski definition) is 0. The summed E-state index contributed by atoms with van der Waals surface area (Å²) in [6.07, 6.45) is 6.56. The van der Waals surface area contributed by atoms with Gasteiger partial charge in [0.15, 0.2) is 0 Å². The Morgan fingerprint density at radius 1 is 0.628 bits per heavy atom. The van der Waals surface area contributed by atoms with Gasteiger partial charge < -0.3 is 50.2 Å². The van der Waals surface area contributed by atoms with E-state index in [1.807, 2.05) is 0 Å². The van der Waals surface area contributed by atoms with Crippen LogP contribution < -0.4 is 0 Å². The second-order valence-electron chi connectivity index (χ2n) is 11.2. The number of rotatable bonds is 2. The predicted octanol–water partition coefficient (Wildman–Crippen LogP) is 1.57. The number of amidine groups is 2. The van der Waals surface area contributed by atoms with Crippen molar-refractivity contribution in [3.8, 4) is 0 Å². The van der Waals surface area contributed by atoms with Gasteiger partial charge in [-0.3, -0.25) is 0 Å². The van der Waals surface area contributed by atoms with Crippen LogP contribution in [0, 0.1) is 50.9 Å². The molecule has 2 aliphatic heterocycles. The largest absolute Gasteiger partial charge is 0.618 e. The maximum atomic E-state index is 12.3. The normalized spacial score (nSPS) is 18.7. The van der Waals surface area contributed by atoms with E-state index in [1.165, 1.54) is 0 Å². The second-order valence-corrected chi connectivity index (χ2v) is 11.2. The van der Waals surface area contributed by atoms with Crippen LogP contribution in [0.15, 0.2) is 24.8 Å². The molecule has 0 bridgehead atoms. The summed E-state index contributed by atoms with van der Waals surface area (Å²) >= 11 is 0. The number of aromatic nitrogens is 4. The number of imidazole rings is 2. The minimum atomic E-state index is -1.75. The van der Waals surface area contributed by atoms with Gasteiger partial charge in [-0.1, -0.05) is 0 Å². The van der Waals surface area contributed by atoms with Crippen molar-refractivity contribution in [1.29, 1.82) is 0 Å². The van der Waals surface area contributed by atoms with Gasteiger partial charge in [-0.2, -0.15) is 0 Å². The number of nitrogens with zero attached hydrogens (tertiary/aromatic N) is 10. The molecule has 2 aliphatic rings. The van der Waals surface area contributed by atoms with Crippen LogP contribution in [0.1, 0.15) is 67.0 Å². The molecular weight excluding hydrogens is 623 g/mol. The molecule has 0 N–H and O–H groups in total. The van der Waals surface area contributed by atoms with Gasteiger partial charge in [0.25, 0.3) is 22.7 Å². The van der Waals surface area contributed by atoms with Gasteiger partial charge >= 0.3 is 11.7 Å². The fraction of sp³-hybridized carbons (Fsp3) is 0.636. The molecule has 0 atom stereocenters. The van der Waals surface area contributed by atoms with E-state index < -0.39 is 32.3 Å². The number of nitroso groups, excluding NO2 is 2. The molecule has 21 heteroatoms. The van der Waals surface area contributed by atoms with E-state index in [1.54, 1.807) is 103 Å². The fourth-order valence-electron chi connectivity index (χ4n) is 3.74. The van der Waals surface area contributed by atoms with Crippen molar-refractivity contribution >= 4 is 11.7 Å². The van der Waals surface area contributed by atoms with Crippen LogP contribution in [-0.2, 0) is 30.9 Å². The molecule has 1 radical (unpaired) electrons. The molecule has 0 saturated carbocycles. The predicted molar refractivity (Wildman–Crippen MR) is 146 cm³/mol. The van der Waals surface area contributed by atoms with Gasteiger partial charge in [-0.25, -0.2) is 9.97 Å². The molecule has 20 nitrogen and oxygen atoms in total. The third-order valence-corrected chi connectivity index (χ3v) is 7.84. The maximum Gasteiger partial charge on any atom is 0.541 e. The summed E-state index contributed by atoms with van der Waals surface area (Å²) in [5.41, 5.74) is -3.18. The third-order valence-electron chi connectivity index (χ3n) is 7.84. The van der Waals surface area contributed by atoms with Gasteiger partial charge in [0.1, 0.15) is 9.52 Å². The van der Waals surface area contributed by atoms with Crippen LogP contribution in [-0.4, -0.2) is 82.1 Å². The van der Waals surface area contributed by atoms with E-state index in [9.17, 15) is 20.2 Å². The molecule has 2 aromatic heterocycles. The average Bonchev–Trinajstić information content (AvgIpc) is 3.50. The molecule has 4 heterocycles. The Hall–Kier alpha value is -4.53. The molecule has 0 spiro atoms. The molecule has 0 aliphatic carbocycles. The van der Waals surface area contributed by atoms with E-state index in [0.717, 1.165) is 19.0 Å². The molecule has 0 aromatic carbocycles. The first-order chi connectivity index (χ1) is 18.9. The molecule has 0 unspecified atom stereocenters. The molecule has 0 fully saturated rings. The van der Waals surface area contributed by atoms with E-state index in [2.05, 4.69) is 9.97 Å². The Labute approximate surface area is 255 Å². The van der Waals surface area contributed by atoms with Gasteiger partial charge in [0, 0.05) is 121 Å². The average molecular weight is 658 g/mol. The molecule has 241 valence electrons. The SMILES string of the molecule is Cn1ccnc1C1=[N+]([O-])C(C)(C)C(C)(C)[N+]1=O.Cn1ccnc1C1=[N+]([O-])C(C)(C)C(C)(C)[N+]1=O.O=[N+]([O-])[O-].O=[N+]([O-])[O-].[Co]. The van der Waals surface area contributed by atoms with Gasteiger partial charge in [0.05, 0.1) is 10.2 Å². The Morgan fingerprint density at radius 3 is 1.00 bits per heavy atom. The van der Waals surface area contributed by atoms with Gasteiger partial charge in [-0.15, -0.1) is 9.48 Å². The first-order valence-corrected chi connectivity index (χ1v) is 12.1. The van der Waals surface area contributed by atoms with E-state index in [0.29, 0.717) is 11.6 Å². The Morgan fingerprint density at radius 2 is 0.860 bits per heavy atom. The monoisotopic (exact) mass is 657 g/mol. The van der Waals surface area contributed by atoms with Crippen molar-refractivity contribution < 1.29 is 45.9 Å². The van der Waals surface area contributed by atoms with Gasteiger partial charge in [-0.05, 0) is 0 Å². The van der Waals surface area contributed by atoms with Crippen LogP contribution in [0.3, 0.4) is 0 Å². The minimum Gasteiger partial charge on any atom is -0.618 e. The molecule has 0 saturated heterocycles. The molecule has 2 aromatic rings. The van der Waals surface area contributed by atoms with Crippen LogP contribution in [0.5, 0.6) is 0 Å². The van der Waals surface area contributed by atoms with E-state index >= 15 is 0 Å². The molecule has 43 heavy (non-hydrogen) atoms. The van der Waals surface area contributed by atoms with E-state index in [-0.39, 0.29) is 28.5 Å². The number of hydroxylamine groups is 2. The fourth-order valence-corrected chi connectivity index (χ4v) is 3.74. The van der Waals surface area contributed by atoms with Crippen molar-refractivity contribution in [1.82, 2.24) is 19.1 Å². The summed E-state index contributed by atoms with van der Waals surface area (Å²) in [4.78, 5) is 49.2. The quantitative estimate of drug-likeness (QED) is 0.193. The summed E-state index contributed by atoms with van der Waals surface area (Å²) in [7, 11) is 3.52. The summed E-state index contributed by atoms with van der Waals surface area (Å²) in [5.74, 6) is 0.947. The van der Waals surface area contributed by atoms with Crippen LogP contribution in [0.2, 0.25) is 0 Å². The second kappa shape index (κ2) is 13.2. The van der Waals surface area contributed by atoms with E-state index in [4.69, 9.17) is 30.6 Å². The Balaban J connectivity index is 0.000000646. The maximum absolute atomic E-state index is 12.3. The van der Waals surface area contributed by atoms with Crippen molar-refractivity contribution in [3.05, 3.63) is 87.3 Å². The van der Waals surface area contributed by atoms with Crippen LogP contribution >= 0.6 is 0 Å². The molecule has 0 amide bonds. The zero-order valence-electron chi connectivity index (χ0n) is 25.2. The standard InChI is InChI=1S/2C11H17N4O2.Co.2NO3/c2*1-10(2)11(3,4)15(17)9(14(10)16)8-12-6-7-13(8)5;;2*2-1(3)4/h2*6-7H,1-5H3;;;/q2*+1;;2*-1. The van der Waals surface area contributed by atoms with Crippen molar-refractivity contribution in [3.63, 3.8) is 0 Å². The minimum absolute atomic E-state index is 0. The van der Waals surface area contributed by atoms with Crippen LogP contribution in [0.25, 0.3) is 0 Å². The summed E-state index contributed by atoms with van der Waals surface area (Å²) in [6, 6.07) is 0. The van der Waals surface area contributed by atoms with Gasteiger partial charge in [0.2, 0.25) is 11.1 Å². The summed E-state index contributed by atoms with van der Waals surface area (Å²) < 4.78 is 6.40. The Kier molecular flexibility index (Phi) is 11.8. The zero-order valence-corrected chi connectivity index (χ0v) is 26.2. The van der Waals surface area contributed by atoms with Crippen molar-refractivity contribution in [2.75, 3.05) is 0 Å². The zero-order chi connectivity index (χ0) is 33.2. The van der Waals surface area contributed by atoms with Crippen molar-refractivity contribution in [2.45, 2.75) is 77.5 Å². The first-order valence-electron chi connectivity index (χ1n) is 12.1. The van der Waals surface area contributed by atoms with Crippen LogP contribution in [0.4, 0.5) is 0 Å². The number of hydrogen-bond acceptors (Lipinski definition) is 12. The third kappa shape index (κ3) is 7.10. The number of aryl methyl sites for hydroxylation is 2. The Bertz CT molecular complexity index is 1340. The smallest absolute Gasteiger partial charge is 0.541 e. The first kappa shape index (κ1) is 38.5. The topological polar surface area (TPSA) is 260 Å². The molecular formula is C22H34CoN10O10. The van der Waals surface area contributed by atoms with Crippen molar-refractivity contribution in [2.24, 2.45) is 14.1 Å².